The number of carboxylic acids is 1. The van der Waals surface area contributed by atoms with E-state index in [4.69, 9.17) is 0 Å². The Hall–Kier alpha value is -6.11. The number of benzene rings is 5. The maximum Gasteiger partial charge on any atom is 0.335 e. The van der Waals surface area contributed by atoms with Crippen LogP contribution < -0.4 is 4.90 Å². The lowest BCUT2D eigenvalue weighted by atomic mass is 9.95. The molecule has 0 radical (unpaired) electrons. The first-order valence-corrected chi connectivity index (χ1v) is 18.4. The van der Waals surface area contributed by atoms with Crippen LogP contribution in [0.15, 0.2) is 139 Å². The van der Waals surface area contributed by atoms with Crippen LogP contribution in [0.5, 0.6) is 0 Å². The summed E-state index contributed by atoms with van der Waals surface area (Å²) in [6.45, 7) is 0. The lowest BCUT2D eigenvalue weighted by molar-refractivity contribution is 0.0696. The van der Waals surface area contributed by atoms with Crippen molar-refractivity contribution in [1.29, 1.82) is 0 Å². The molecule has 6 aromatic rings. The summed E-state index contributed by atoms with van der Waals surface area (Å²) in [5.41, 5.74) is 10.1. The molecule has 2 aliphatic carbocycles. The molecule has 1 aliphatic heterocycles. The summed E-state index contributed by atoms with van der Waals surface area (Å²) < 4.78 is 0. The van der Waals surface area contributed by atoms with Gasteiger partial charge in [0.05, 0.1) is 11.1 Å². The van der Waals surface area contributed by atoms with Crippen LogP contribution in [0.2, 0.25) is 0 Å². The Labute approximate surface area is 305 Å². The average Bonchev–Trinajstić information content (AvgIpc) is 3.97. The summed E-state index contributed by atoms with van der Waals surface area (Å²) in [5, 5.41) is 9.35. The van der Waals surface area contributed by atoms with Gasteiger partial charge in [-0.05, 0) is 113 Å². The molecular formula is C46H33NO4S. The SMILES string of the molecule is O=C(O)c1ccc2c(c1)C(=O)/C(=C/c1ccc(-c3ccc4c(c3)C3CCCC3N4c3ccc(C=C(c4ccccc4)c4ccccc4)cc3)s1)C2=O. The summed E-state index contributed by atoms with van der Waals surface area (Å²) in [5.74, 6) is -1.47. The third kappa shape index (κ3) is 5.52. The summed E-state index contributed by atoms with van der Waals surface area (Å²) in [6.07, 6.45) is 7.42. The quantitative estimate of drug-likeness (QED) is 0.102. The highest BCUT2D eigenvalue weighted by molar-refractivity contribution is 7.16. The van der Waals surface area contributed by atoms with Crippen molar-refractivity contribution in [1.82, 2.24) is 0 Å². The van der Waals surface area contributed by atoms with Crippen LogP contribution >= 0.6 is 11.3 Å². The van der Waals surface area contributed by atoms with Crippen LogP contribution in [-0.4, -0.2) is 28.7 Å². The van der Waals surface area contributed by atoms with Crippen molar-refractivity contribution < 1.29 is 19.5 Å². The zero-order valence-corrected chi connectivity index (χ0v) is 29.0. The highest BCUT2D eigenvalue weighted by atomic mass is 32.1. The lowest BCUT2D eigenvalue weighted by Gasteiger charge is -2.27. The summed E-state index contributed by atoms with van der Waals surface area (Å²) in [7, 11) is 0. The number of rotatable bonds is 7. The molecule has 5 aromatic carbocycles. The van der Waals surface area contributed by atoms with Gasteiger partial charge in [-0.25, -0.2) is 4.79 Å². The Balaban J connectivity index is 0.996. The van der Waals surface area contributed by atoms with E-state index in [1.165, 1.54) is 58.3 Å². The first-order valence-electron chi connectivity index (χ1n) is 17.6. The van der Waals surface area contributed by atoms with Gasteiger partial charge >= 0.3 is 5.97 Å². The number of carboxylic acid groups (broad SMARTS) is 1. The molecule has 2 unspecified atom stereocenters. The second-order valence-corrected chi connectivity index (χ2v) is 14.7. The maximum atomic E-state index is 13.1. The molecule has 0 amide bonds. The molecule has 252 valence electrons. The Morgan fingerprint density at radius 1 is 0.712 bits per heavy atom. The molecule has 3 aliphatic rings. The third-order valence-corrected chi connectivity index (χ3v) is 11.7. The fraction of sp³-hybridized carbons (Fsp3) is 0.109. The molecule has 6 heteroatoms. The van der Waals surface area contributed by atoms with Gasteiger partial charge in [0, 0.05) is 44.2 Å². The molecule has 1 N–H and O–H groups in total. The maximum absolute atomic E-state index is 13.1. The minimum Gasteiger partial charge on any atom is -0.478 e. The van der Waals surface area contributed by atoms with Crippen LogP contribution in [0.25, 0.3) is 28.2 Å². The molecule has 52 heavy (non-hydrogen) atoms. The molecule has 2 heterocycles. The molecule has 1 fully saturated rings. The van der Waals surface area contributed by atoms with Crippen molar-refractivity contribution in [3.05, 3.63) is 183 Å². The molecule has 1 aromatic heterocycles. The number of hydrogen-bond donors (Lipinski definition) is 1. The zero-order valence-electron chi connectivity index (χ0n) is 28.2. The average molecular weight is 696 g/mol. The van der Waals surface area contributed by atoms with Gasteiger partial charge in [0.15, 0.2) is 11.6 Å². The number of ketones is 2. The number of anilines is 2. The number of nitrogens with zero attached hydrogens (tertiary/aromatic N) is 1. The number of carbonyl (C=O) groups excluding carboxylic acids is 2. The smallest absolute Gasteiger partial charge is 0.335 e. The van der Waals surface area contributed by atoms with Crippen LogP contribution in [0.3, 0.4) is 0 Å². The van der Waals surface area contributed by atoms with E-state index in [0.29, 0.717) is 12.0 Å². The van der Waals surface area contributed by atoms with Crippen LogP contribution in [0.4, 0.5) is 11.4 Å². The van der Waals surface area contributed by atoms with Crippen LogP contribution in [0.1, 0.15) is 83.4 Å². The van der Waals surface area contributed by atoms with Crippen molar-refractivity contribution in [3.8, 4) is 10.4 Å². The lowest BCUT2D eigenvalue weighted by Crippen LogP contribution is -2.26. The van der Waals surface area contributed by atoms with Crippen molar-refractivity contribution in [2.75, 3.05) is 4.90 Å². The van der Waals surface area contributed by atoms with E-state index in [0.717, 1.165) is 33.7 Å². The van der Waals surface area contributed by atoms with Crippen molar-refractivity contribution in [3.63, 3.8) is 0 Å². The monoisotopic (exact) mass is 695 g/mol. The molecule has 5 nitrogen and oxygen atoms in total. The van der Waals surface area contributed by atoms with Gasteiger partial charge in [0.25, 0.3) is 0 Å². The van der Waals surface area contributed by atoms with Gasteiger partial charge in [-0.2, -0.15) is 0 Å². The fourth-order valence-corrected chi connectivity index (χ4v) is 9.08. The number of allylic oxidation sites excluding steroid dienone is 1. The van der Waals surface area contributed by atoms with E-state index in [-0.39, 0.29) is 28.0 Å². The van der Waals surface area contributed by atoms with Gasteiger partial charge < -0.3 is 10.0 Å². The Kier molecular flexibility index (Phi) is 7.90. The van der Waals surface area contributed by atoms with E-state index in [9.17, 15) is 19.5 Å². The summed E-state index contributed by atoms with van der Waals surface area (Å²) in [6, 6.07) is 45.3. The second kappa shape index (κ2) is 12.9. The first kappa shape index (κ1) is 31.8. The Morgan fingerprint density at radius 2 is 1.42 bits per heavy atom. The second-order valence-electron chi connectivity index (χ2n) is 13.6. The van der Waals surface area contributed by atoms with Crippen molar-refractivity contribution in [2.24, 2.45) is 0 Å². The van der Waals surface area contributed by atoms with E-state index in [2.05, 4.69) is 102 Å². The Bertz CT molecular complexity index is 2420. The number of aromatic carboxylic acids is 1. The number of thiophene rings is 1. The number of carbonyl (C=O) groups is 3. The van der Waals surface area contributed by atoms with Crippen molar-refractivity contribution >= 4 is 58.0 Å². The van der Waals surface area contributed by atoms with Gasteiger partial charge in [-0.15, -0.1) is 11.3 Å². The molecular weight excluding hydrogens is 663 g/mol. The topological polar surface area (TPSA) is 74.7 Å². The molecule has 0 spiro atoms. The van der Waals surface area contributed by atoms with Gasteiger partial charge in [-0.3, -0.25) is 9.59 Å². The van der Waals surface area contributed by atoms with E-state index in [1.807, 2.05) is 24.3 Å². The highest BCUT2D eigenvalue weighted by Crippen LogP contribution is 2.53. The molecule has 9 rings (SSSR count). The standard InChI is InChI=1S/C46H33NO4S/c48-44-36-21-16-32(46(50)51)26-39(36)45(49)40(44)27-34-20-23-43(52-34)31-17-22-42-38(25-31)35-12-7-13-41(35)47(42)33-18-14-28(15-19-33)24-37(29-8-3-1-4-9-29)30-10-5-2-6-11-30/h1-6,8-11,14-27,35,41H,7,12-13H2,(H,50,51)/b40-27+. The van der Waals surface area contributed by atoms with Crippen molar-refractivity contribution in [2.45, 2.75) is 31.2 Å². The van der Waals surface area contributed by atoms with Crippen LogP contribution in [0, 0.1) is 0 Å². The third-order valence-electron chi connectivity index (χ3n) is 10.6. The van der Waals surface area contributed by atoms with Gasteiger partial charge in [0.1, 0.15) is 0 Å². The van der Waals surface area contributed by atoms with E-state index < -0.39 is 11.8 Å². The largest absolute Gasteiger partial charge is 0.478 e. The summed E-state index contributed by atoms with van der Waals surface area (Å²) in [4.78, 5) is 42.1. The minimum absolute atomic E-state index is 0.00957. The molecule has 0 bridgehead atoms. The molecule has 1 saturated carbocycles. The van der Waals surface area contributed by atoms with E-state index in [1.54, 1.807) is 17.4 Å². The van der Waals surface area contributed by atoms with Gasteiger partial charge in [-0.1, -0.05) is 85.3 Å². The normalized spacial score (nSPS) is 18.0. The molecule has 0 saturated heterocycles. The number of hydrogen-bond acceptors (Lipinski definition) is 5. The summed E-state index contributed by atoms with van der Waals surface area (Å²) >= 11 is 1.54. The van der Waals surface area contributed by atoms with E-state index >= 15 is 0 Å². The Morgan fingerprint density at radius 3 is 2.13 bits per heavy atom. The van der Waals surface area contributed by atoms with Gasteiger partial charge in [0.2, 0.25) is 0 Å². The predicted molar refractivity (Wildman–Crippen MR) is 209 cm³/mol. The first-order chi connectivity index (χ1) is 25.4. The zero-order chi connectivity index (χ0) is 35.3. The van der Waals surface area contributed by atoms with Crippen LogP contribution in [-0.2, 0) is 0 Å². The molecule has 2 atom stereocenters. The predicted octanol–water partition coefficient (Wildman–Crippen LogP) is 11.0. The number of Topliss-reactive ketones (excluding diaryl/α,β-unsaturated/α-hetero) is 2. The number of fused-ring (bicyclic) bond motifs is 4. The highest BCUT2D eigenvalue weighted by Gasteiger charge is 2.42. The minimum atomic E-state index is -1.13. The fourth-order valence-electron chi connectivity index (χ4n) is 8.13.